The van der Waals surface area contributed by atoms with E-state index in [0.717, 1.165) is 6.07 Å². The maximum atomic E-state index is 13.3. The van der Waals surface area contributed by atoms with Crippen LogP contribution in [0.3, 0.4) is 0 Å². The van der Waals surface area contributed by atoms with Gasteiger partial charge in [-0.05, 0) is 42.8 Å². The molecule has 3 N–H and O–H groups in total. The number of aliphatic hydroxyl groups is 1. The highest BCUT2D eigenvalue weighted by Crippen LogP contribution is 2.25. The van der Waals surface area contributed by atoms with Crippen LogP contribution in [-0.2, 0) is 17.3 Å². The number of aromatic nitrogens is 2. The van der Waals surface area contributed by atoms with Gasteiger partial charge in [0.05, 0.1) is 22.3 Å². The number of rotatable bonds is 5. The molecule has 1 fully saturated rings. The zero-order chi connectivity index (χ0) is 22.3. The average Bonchev–Trinajstić information content (AvgIpc) is 3.27. The summed E-state index contributed by atoms with van der Waals surface area (Å²) in [6.07, 6.45) is -0.287. The van der Waals surface area contributed by atoms with Crippen LogP contribution in [0.25, 0.3) is 10.9 Å². The molecule has 0 unspecified atom stereocenters. The summed E-state index contributed by atoms with van der Waals surface area (Å²) >= 11 is 5.76. The Balaban J connectivity index is 1.58. The fourth-order valence-corrected chi connectivity index (χ4v) is 4.89. The number of aliphatic hydroxyl groups excluding tert-OH is 1. The van der Waals surface area contributed by atoms with Crippen molar-refractivity contribution < 1.29 is 22.7 Å². The first-order chi connectivity index (χ1) is 14.6. The lowest BCUT2D eigenvalue weighted by Gasteiger charge is -2.17. The third kappa shape index (κ3) is 4.35. The van der Waals surface area contributed by atoms with E-state index in [2.05, 4.69) is 15.1 Å². The number of nitrogens with one attached hydrogen (secondary N) is 2. The van der Waals surface area contributed by atoms with Gasteiger partial charge in [0, 0.05) is 31.2 Å². The molecule has 3 aromatic rings. The zero-order valence-electron chi connectivity index (χ0n) is 16.3. The van der Waals surface area contributed by atoms with Gasteiger partial charge in [-0.1, -0.05) is 11.6 Å². The van der Waals surface area contributed by atoms with Crippen molar-refractivity contribution in [2.24, 2.45) is 7.05 Å². The maximum absolute atomic E-state index is 13.3. The SMILES string of the molecule is Cn1nc2cc(NS(=O)(=O)N3CC[C@H](O)C3)ccc2c1C(=O)Nc1ccc(F)c(Cl)c1. The summed E-state index contributed by atoms with van der Waals surface area (Å²) < 4.78 is 43.3. The summed E-state index contributed by atoms with van der Waals surface area (Å²) in [5, 5.41) is 16.9. The molecule has 1 amide bonds. The van der Waals surface area contributed by atoms with Crippen LogP contribution < -0.4 is 10.0 Å². The molecular formula is C19H19ClFN5O4S. The van der Waals surface area contributed by atoms with Crippen molar-refractivity contribution in [2.75, 3.05) is 23.1 Å². The maximum Gasteiger partial charge on any atom is 0.301 e. The number of anilines is 2. The summed E-state index contributed by atoms with van der Waals surface area (Å²) in [6.45, 7) is 0.277. The van der Waals surface area contributed by atoms with Gasteiger partial charge in [-0.2, -0.15) is 17.8 Å². The quantitative estimate of drug-likeness (QED) is 0.532. The Labute approximate surface area is 182 Å². The number of amides is 1. The number of nitrogens with zero attached hydrogens (tertiary/aromatic N) is 3. The van der Waals surface area contributed by atoms with Crippen molar-refractivity contribution in [1.29, 1.82) is 0 Å². The summed E-state index contributed by atoms with van der Waals surface area (Å²) in [5.41, 5.74) is 1.26. The van der Waals surface area contributed by atoms with Gasteiger partial charge in [-0.3, -0.25) is 14.2 Å². The third-order valence-corrected chi connectivity index (χ3v) is 6.73. The summed E-state index contributed by atoms with van der Waals surface area (Å²) in [7, 11) is -2.23. The molecule has 164 valence electrons. The van der Waals surface area contributed by atoms with Gasteiger partial charge < -0.3 is 10.4 Å². The van der Waals surface area contributed by atoms with Crippen molar-refractivity contribution in [1.82, 2.24) is 14.1 Å². The minimum atomic E-state index is -3.82. The number of benzene rings is 2. The molecule has 1 aliphatic heterocycles. The van der Waals surface area contributed by atoms with Crippen molar-refractivity contribution in [3.8, 4) is 0 Å². The average molecular weight is 468 g/mol. The molecule has 0 spiro atoms. The first-order valence-electron chi connectivity index (χ1n) is 9.33. The van der Waals surface area contributed by atoms with Gasteiger partial charge in [0.25, 0.3) is 5.91 Å². The number of β-amino-alcohol motifs (C(OH)–C–C–N with tert-alkyl or cyclic N) is 1. The Kier molecular flexibility index (Phi) is 5.60. The van der Waals surface area contributed by atoms with E-state index in [0.29, 0.717) is 23.0 Å². The Morgan fingerprint density at radius 1 is 1.26 bits per heavy atom. The molecule has 0 saturated carbocycles. The normalized spacial score (nSPS) is 17.2. The minimum absolute atomic E-state index is 0.0406. The molecule has 4 rings (SSSR count). The van der Waals surface area contributed by atoms with E-state index >= 15 is 0 Å². The molecular weight excluding hydrogens is 449 g/mol. The molecule has 0 aliphatic carbocycles. The van der Waals surface area contributed by atoms with Crippen LogP contribution in [0, 0.1) is 5.82 Å². The molecule has 2 aromatic carbocycles. The first-order valence-corrected chi connectivity index (χ1v) is 11.1. The summed E-state index contributed by atoms with van der Waals surface area (Å²) in [5.74, 6) is -1.07. The lowest BCUT2D eigenvalue weighted by atomic mass is 10.2. The second-order valence-corrected chi connectivity index (χ2v) is 9.27. The zero-order valence-corrected chi connectivity index (χ0v) is 17.9. The second-order valence-electron chi connectivity index (χ2n) is 7.19. The number of hydrogen-bond donors (Lipinski definition) is 3. The van der Waals surface area contributed by atoms with Crippen molar-refractivity contribution in [2.45, 2.75) is 12.5 Å². The van der Waals surface area contributed by atoms with Crippen LogP contribution in [0.4, 0.5) is 15.8 Å². The topological polar surface area (TPSA) is 117 Å². The van der Waals surface area contributed by atoms with E-state index < -0.39 is 28.0 Å². The van der Waals surface area contributed by atoms with Gasteiger partial charge >= 0.3 is 10.2 Å². The van der Waals surface area contributed by atoms with Crippen LogP contribution in [0.15, 0.2) is 36.4 Å². The number of halogens is 2. The second kappa shape index (κ2) is 8.08. The minimum Gasteiger partial charge on any atom is -0.392 e. The van der Waals surface area contributed by atoms with Crippen molar-refractivity contribution >= 4 is 50.0 Å². The van der Waals surface area contributed by atoms with Crippen LogP contribution in [0.2, 0.25) is 5.02 Å². The van der Waals surface area contributed by atoms with Gasteiger partial charge in [-0.25, -0.2) is 4.39 Å². The smallest absolute Gasteiger partial charge is 0.301 e. The predicted octanol–water partition coefficient (Wildman–Crippen LogP) is 2.34. The Hall–Kier alpha value is -2.73. The Morgan fingerprint density at radius 3 is 2.68 bits per heavy atom. The molecule has 1 aliphatic rings. The predicted molar refractivity (Wildman–Crippen MR) is 115 cm³/mol. The molecule has 1 atom stereocenters. The number of carbonyl (C=O) groups is 1. The molecule has 1 aromatic heterocycles. The molecule has 2 heterocycles. The fourth-order valence-electron chi connectivity index (χ4n) is 3.44. The molecule has 0 bridgehead atoms. The largest absolute Gasteiger partial charge is 0.392 e. The van der Waals surface area contributed by atoms with Crippen LogP contribution in [0.1, 0.15) is 16.9 Å². The molecule has 1 saturated heterocycles. The fraction of sp³-hybridized carbons (Fsp3) is 0.263. The van der Waals surface area contributed by atoms with E-state index in [1.165, 1.54) is 33.3 Å². The summed E-state index contributed by atoms with van der Waals surface area (Å²) in [4.78, 5) is 12.8. The van der Waals surface area contributed by atoms with Crippen LogP contribution in [-0.4, -0.2) is 52.7 Å². The van der Waals surface area contributed by atoms with Crippen molar-refractivity contribution in [3.63, 3.8) is 0 Å². The van der Waals surface area contributed by atoms with Gasteiger partial charge in [0.2, 0.25) is 0 Å². The molecule has 0 radical (unpaired) electrons. The highest BCUT2D eigenvalue weighted by Gasteiger charge is 2.30. The van der Waals surface area contributed by atoms with Gasteiger partial charge in [-0.15, -0.1) is 0 Å². The highest BCUT2D eigenvalue weighted by molar-refractivity contribution is 7.90. The van der Waals surface area contributed by atoms with Gasteiger partial charge in [0.15, 0.2) is 0 Å². The number of aryl methyl sites for hydroxylation is 1. The molecule has 12 heteroatoms. The monoisotopic (exact) mass is 467 g/mol. The standard InChI is InChI=1S/C19H19ClFN5O4S/c1-25-18(19(28)22-11-3-5-16(21)15(20)8-11)14-4-2-12(9-17(14)23-25)24-31(29,30)26-7-6-13(27)10-26/h2-5,8-9,13,24,27H,6-7,10H2,1H3,(H,22,28)/t13-/m0/s1. The molecule has 9 nitrogen and oxygen atoms in total. The summed E-state index contributed by atoms with van der Waals surface area (Å²) in [6, 6.07) is 8.47. The van der Waals surface area contributed by atoms with E-state index in [-0.39, 0.29) is 29.5 Å². The van der Waals surface area contributed by atoms with E-state index in [1.54, 1.807) is 13.1 Å². The highest BCUT2D eigenvalue weighted by atomic mass is 35.5. The lowest BCUT2D eigenvalue weighted by Crippen LogP contribution is -2.34. The van der Waals surface area contributed by atoms with E-state index in [1.807, 2.05) is 0 Å². The number of hydrogen-bond acceptors (Lipinski definition) is 5. The van der Waals surface area contributed by atoms with Crippen LogP contribution in [0.5, 0.6) is 0 Å². The Bertz CT molecular complexity index is 1280. The lowest BCUT2D eigenvalue weighted by molar-refractivity contribution is 0.101. The van der Waals surface area contributed by atoms with E-state index in [4.69, 9.17) is 11.6 Å². The van der Waals surface area contributed by atoms with Crippen LogP contribution >= 0.6 is 11.6 Å². The van der Waals surface area contributed by atoms with Crippen molar-refractivity contribution in [3.05, 3.63) is 52.9 Å². The van der Waals surface area contributed by atoms with Gasteiger partial charge in [0.1, 0.15) is 11.5 Å². The van der Waals surface area contributed by atoms with E-state index in [9.17, 15) is 22.7 Å². The molecule has 31 heavy (non-hydrogen) atoms. The third-order valence-electron chi connectivity index (χ3n) is 4.94. The Morgan fingerprint density at radius 2 is 2.00 bits per heavy atom. The first kappa shape index (κ1) is 21.5. The number of carbonyl (C=O) groups excluding carboxylic acids is 1. The number of fused-ring (bicyclic) bond motifs is 1.